The number of carbonyl (C=O) groups is 4. The summed E-state index contributed by atoms with van der Waals surface area (Å²) in [4.78, 5) is 72.5. The standard InChI is InChI=1S/C69H134O17P2/c1-9-61(7)47-39-31-23-18-20-26-35-43-51-68(73)85-64(55-79-66(71)49-41-33-24-16-14-12-11-13-15-21-29-37-45-59(3)4)57-83-87(75,76)81-53-63(70)54-82-88(77,78)84-58-65(86-69(74)52-44-36-28-27-32-40-48-62(8)10-2)56-80-67(72)50-42-34-25-19-17-22-30-38-46-60(5)6/h59-65,70H,9-58H2,1-8H3,(H,75,76)(H,77,78)/t61?,62?,63?,64-,65-/m1/s1. The highest BCUT2D eigenvalue weighted by atomic mass is 31.2. The fourth-order valence-electron chi connectivity index (χ4n) is 10.2. The molecule has 0 aromatic rings. The number of hydrogen-bond acceptors (Lipinski definition) is 15. The number of hydrogen-bond donors (Lipinski definition) is 3. The van der Waals surface area contributed by atoms with Crippen LogP contribution in [-0.2, 0) is 65.4 Å². The minimum Gasteiger partial charge on any atom is -0.462 e. The molecule has 0 aromatic heterocycles. The van der Waals surface area contributed by atoms with Crippen LogP contribution in [0.5, 0.6) is 0 Å². The minimum atomic E-state index is -4.95. The molecule has 0 bridgehead atoms. The predicted molar refractivity (Wildman–Crippen MR) is 354 cm³/mol. The quantitative estimate of drug-likeness (QED) is 0.0222. The van der Waals surface area contributed by atoms with E-state index in [4.69, 9.17) is 37.0 Å². The van der Waals surface area contributed by atoms with Crippen molar-refractivity contribution in [3.63, 3.8) is 0 Å². The molecule has 0 heterocycles. The van der Waals surface area contributed by atoms with Crippen molar-refractivity contribution in [3.8, 4) is 0 Å². The van der Waals surface area contributed by atoms with Gasteiger partial charge in [-0.2, -0.15) is 0 Å². The van der Waals surface area contributed by atoms with Gasteiger partial charge in [-0.15, -0.1) is 0 Å². The van der Waals surface area contributed by atoms with Crippen LogP contribution in [0.4, 0.5) is 0 Å². The van der Waals surface area contributed by atoms with Crippen LogP contribution in [0.2, 0.25) is 0 Å². The zero-order chi connectivity index (χ0) is 65.4. The van der Waals surface area contributed by atoms with Gasteiger partial charge in [0.1, 0.15) is 19.3 Å². The molecule has 522 valence electrons. The molecule has 0 amide bonds. The zero-order valence-electron chi connectivity index (χ0n) is 57.3. The van der Waals surface area contributed by atoms with Gasteiger partial charge in [-0.05, 0) is 49.4 Å². The molecule has 17 nitrogen and oxygen atoms in total. The molecule has 0 aliphatic carbocycles. The van der Waals surface area contributed by atoms with Crippen molar-refractivity contribution in [2.24, 2.45) is 23.7 Å². The lowest BCUT2D eigenvalue weighted by molar-refractivity contribution is -0.161. The Kier molecular flexibility index (Phi) is 57.6. The van der Waals surface area contributed by atoms with Crippen LogP contribution in [0.15, 0.2) is 0 Å². The van der Waals surface area contributed by atoms with Gasteiger partial charge in [-0.1, -0.05) is 287 Å². The van der Waals surface area contributed by atoms with Crippen molar-refractivity contribution in [1.82, 2.24) is 0 Å². The second-order valence-corrected chi connectivity index (χ2v) is 29.3. The molecule has 0 aliphatic heterocycles. The third kappa shape index (κ3) is 60.3. The van der Waals surface area contributed by atoms with E-state index in [-0.39, 0.29) is 25.7 Å². The SMILES string of the molecule is CCC(C)CCCCCCCCCCC(=O)O[C@H](COC(=O)CCCCCCCCCCCCCCC(C)C)COP(=O)(O)OCC(O)COP(=O)(O)OC[C@@H](COC(=O)CCCCCCCCCCC(C)C)OC(=O)CCCCCCCCC(C)CC. The first-order valence-corrected chi connectivity index (χ1v) is 38.8. The van der Waals surface area contributed by atoms with Crippen LogP contribution >= 0.6 is 15.6 Å². The summed E-state index contributed by atoms with van der Waals surface area (Å²) in [7, 11) is -9.90. The van der Waals surface area contributed by atoms with Crippen molar-refractivity contribution in [1.29, 1.82) is 0 Å². The van der Waals surface area contributed by atoms with E-state index in [1.165, 1.54) is 141 Å². The Morgan fingerprint density at radius 2 is 0.545 bits per heavy atom. The van der Waals surface area contributed by atoms with Gasteiger partial charge >= 0.3 is 39.5 Å². The molecule has 88 heavy (non-hydrogen) atoms. The number of ether oxygens (including phenoxy) is 4. The number of aliphatic hydroxyl groups is 1. The number of phosphoric acid groups is 2. The van der Waals surface area contributed by atoms with E-state index >= 15 is 0 Å². The van der Waals surface area contributed by atoms with Crippen LogP contribution in [0.1, 0.15) is 338 Å². The van der Waals surface area contributed by atoms with E-state index < -0.39 is 97.5 Å². The second-order valence-electron chi connectivity index (χ2n) is 26.4. The molecule has 0 saturated heterocycles. The van der Waals surface area contributed by atoms with E-state index in [0.29, 0.717) is 25.7 Å². The summed E-state index contributed by atoms with van der Waals surface area (Å²) in [6, 6.07) is 0. The Hall–Kier alpha value is -1.94. The summed E-state index contributed by atoms with van der Waals surface area (Å²) < 4.78 is 68.2. The molecule has 0 aromatic carbocycles. The van der Waals surface area contributed by atoms with E-state index in [1.807, 2.05) is 0 Å². The van der Waals surface area contributed by atoms with Gasteiger partial charge in [0.2, 0.25) is 0 Å². The molecule has 7 atom stereocenters. The first-order valence-electron chi connectivity index (χ1n) is 35.8. The first-order chi connectivity index (χ1) is 42.2. The van der Waals surface area contributed by atoms with Crippen molar-refractivity contribution < 1.29 is 80.2 Å². The maximum Gasteiger partial charge on any atom is 0.472 e. The second kappa shape index (κ2) is 58.8. The van der Waals surface area contributed by atoms with Gasteiger partial charge in [0.15, 0.2) is 12.2 Å². The highest BCUT2D eigenvalue weighted by molar-refractivity contribution is 7.47. The summed E-state index contributed by atoms with van der Waals surface area (Å²) in [6.45, 7) is 14.1. The number of aliphatic hydroxyl groups excluding tert-OH is 1. The van der Waals surface area contributed by atoms with Gasteiger partial charge in [-0.3, -0.25) is 37.3 Å². The number of esters is 4. The van der Waals surface area contributed by atoms with E-state index in [1.54, 1.807) is 0 Å². The van der Waals surface area contributed by atoms with Gasteiger partial charge in [-0.25, -0.2) is 9.13 Å². The Morgan fingerprint density at radius 3 is 0.807 bits per heavy atom. The van der Waals surface area contributed by atoms with Crippen LogP contribution in [0.3, 0.4) is 0 Å². The molecule has 3 N–H and O–H groups in total. The Labute approximate surface area is 537 Å². The van der Waals surface area contributed by atoms with E-state index in [9.17, 15) is 43.2 Å². The van der Waals surface area contributed by atoms with E-state index in [2.05, 4.69) is 55.4 Å². The maximum absolute atomic E-state index is 13.0. The predicted octanol–water partition coefficient (Wildman–Crippen LogP) is 19.3. The lowest BCUT2D eigenvalue weighted by Crippen LogP contribution is -2.30. The Balaban J connectivity index is 5.25. The molecule has 0 aliphatic rings. The fourth-order valence-corrected chi connectivity index (χ4v) is 11.8. The van der Waals surface area contributed by atoms with Gasteiger partial charge in [0.25, 0.3) is 0 Å². The largest absolute Gasteiger partial charge is 0.472 e. The molecule has 19 heteroatoms. The highest BCUT2D eigenvalue weighted by Gasteiger charge is 2.30. The monoisotopic (exact) mass is 1300 g/mol. The lowest BCUT2D eigenvalue weighted by Gasteiger charge is -2.21. The molecule has 0 rings (SSSR count). The maximum atomic E-state index is 13.0. The van der Waals surface area contributed by atoms with Gasteiger partial charge < -0.3 is 33.8 Å². The Morgan fingerprint density at radius 1 is 0.318 bits per heavy atom. The summed E-state index contributed by atoms with van der Waals surface area (Å²) in [5, 5.41) is 10.6. The third-order valence-electron chi connectivity index (χ3n) is 16.5. The zero-order valence-corrected chi connectivity index (χ0v) is 59.1. The minimum absolute atomic E-state index is 0.102. The molecule has 0 saturated carbocycles. The number of phosphoric ester groups is 2. The molecule has 5 unspecified atom stereocenters. The van der Waals surface area contributed by atoms with Gasteiger partial charge in [0.05, 0.1) is 26.4 Å². The van der Waals surface area contributed by atoms with Crippen LogP contribution < -0.4 is 0 Å². The van der Waals surface area contributed by atoms with Gasteiger partial charge in [0, 0.05) is 25.7 Å². The summed E-state index contributed by atoms with van der Waals surface area (Å²) in [5.74, 6) is 0.863. The van der Waals surface area contributed by atoms with Crippen molar-refractivity contribution in [3.05, 3.63) is 0 Å². The van der Waals surface area contributed by atoms with Crippen LogP contribution in [-0.4, -0.2) is 96.7 Å². The molecular formula is C69H134O17P2. The Bertz CT molecular complexity index is 1750. The highest BCUT2D eigenvalue weighted by Crippen LogP contribution is 2.45. The molecular weight excluding hydrogens is 1160 g/mol. The molecule has 0 fully saturated rings. The molecule has 0 spiro atoms. The van der Waals surface area contributed by atoms with Crippen molar-refractivity contribution in [2.75, 3.05) is 39.6 Å². The topological polar surface area (TPSA) is 237 Å². The molecule has 0 radical (unpaired) electrons. The average molecular weight is 1300 g/mol. The average Bonchev–Trinajstić information content (AvgIpc) is 3.55. The first kappa shape index (κ1) is 86.1. The lowest BCUT2D eigenvalue weighted by atomic mass is 9.99. The summed E-state index contributed by atoms with van der Waals surface area (Å²) >= 11 is 0. The fraction of sp³-hybridized carbons (Fsp3) is 0.942. The van der Waals surface area contributed by atoms with E-state index in [0.717, 1.165) is 114 Å². The smallest absolute Gasteiger partial charge is 0.462 e. The van der Waals surface area contributed by atoms with Crippen LogP contribution in [0.25, 0.3) is 0 Å². The number of rotatable bonds is 66. The third-order valence-corrected chi connectivity index (χ3v) is 18.4. The number of unbranched alkanes of at least 4 members (excludes halogenated alkanes) is 30. The van der Waals surface area contributed by atoms with Crippen LogP contribution in [0, 0.1) is 23.7 Å². The normalized spacial score (nSPS) is 14.9. The van der Waals surface area contributed by atoms with Crippen molar-refractivity contribution >= 4 is 39.5 Å². The summed E-state index contributed by atoms with van der Waals surface area (Å²) in [6.07, 6.45) is 40.3. The summed E-state index contributed by atoms with van der Waals surface area (Å²) in [5.41, 5.74) is 0. The number of carbonyl (C=O) groups excluding carboxylic acids is 4. The van der Waals surface area contributed by atoms with Crippen molar-refractivity contribution in [2.45, 2.75) is 356 Å².